The van der Waals surface area contributed by atoms with Gasteiger partial charge in [0, 0.05) is 19.6 Å². The molecule has 0 aliphatic carbocycles. The Bertz CT molecular complexity index is 784. The van der Waals surface area contributed by atoms with E-state index in [0.717, 1.165) is 43.9 Å². The lowest BCUT2D eigenvalue weighted by Gasteiger charge is -2.39. The van der Waals surface area contributed by atoms with Crippen molar-refractivity contribution in [1.29, 1.82) is 0 Å². The number of ether oxygens (including phenoxy) is 1. The zero-order chi connectivity index (χ0) is 18.6. The quantitative estimate of drug-likeness (QED) is 0.816. The molecule has 4 rings (SSSR count). The molecular weight excluding hydrogens is 336 g/mol. The molecule has 2 aliphatic heterocycles. The van der Waals surface area contributed by atoms with Gasteiger partial charge in [-0.15, -0.1) is 0 Å². The fraction of sp³-hybridized carbons (Fsp3) is 0.435. The Morgan fingerprint density at radius 1 is 1.07 bits per heavy atom. The van der Waals surface area contributed by atoms with Crippen LogP contribution in [-0.2, 0) is 11.3 Å². The number of fused-ring (bicyclic) bond motifs is 1. The Morgan fingerprint density at radius 3 is 2.63 bits per heavy atom. The van der Waals surface area contributed by atoms with Crippen LogP contribution in [0.3, 0.4) is 0 Å². The third-order valence-electron chi connectivity index (χ3n) is 5.61. The van der Waals surface area contributed by atoms with E-state index >= 15 is 0 Å². The van der Waals surface area contributed by atoms with Gasteiger partial charge in [-0.05, 0) is 49.4 Å². The van der Waals surface area contributed by atoms with Crippen LogP contribution in [0.15, 0.2) is 48.5 Å². The molecule has 4 heteroatoms. The van der Waals surface area contributed by atoms with E-state index < -0.39 is 0 Å². The number of hydrogen-bond acceptors (Lipinski definition) is 3. The van der Waals surface area contributed by atoms with Crippen LogP contribution in [0.25, 0.3) is 0 Å². The summed E-state index contributed by atoms with van der Waals surface area (Å²) in [6.45, 7) is 5.24. The molecule has 0 saturated carbocycles. The van der Waals surface area contributed by atoms with Crippen LogP contribution >= 0.6 is 0 Å². The summed E-state index contributed by atoms with van der Waals surface area (Å²) in [6, 6.07) is 16.9. The molecular formula is C23H28N2O2. The molecule has 142 valence electrons. The van der Waals surface area contributed by atoms with Gasteiger partial charge in [0.05, 0.1) is 18.2 Å². The zero-order valence-corrected chi connectivity index (χ0v) is 16.1. The van der Waals surface area contributed by atoms with Crippen LogP contribution in [0.4, 0.5) is 5.69 Å². The maximum atomic E-state index is 12.9. The van der Waals surface area contributed by atoms with Crippen molar-refractivity contribution in [2.24, 2.45) is 0 Å². The Labute approximate surface area is 161 Å². The predicted octanol–water partition coefficient (Wildman–Crippen LogP) is 4.17. The second-order valence-electron chi connectivity index (χ2n) is 7.70. The van der Waals surface area contributed by atoms with E-state index in [-0.39, 0.29) is 11.9 Å². The van der Waals surface area contributed by atoms with E-state index in [1.807, 2.05) is 11.0 Å². The molecule has 1 saturated heterocycles. The first kappa shape index (κ1) is 17.9. The second-order valence-corrected chi connectivity index (χ2v) is 7.70. The van der Waals surface area contributed by atoms with Gasteiger partial charge in [-0.25, -0.2) is 0 Å². The monoisotopic (exact) mass is 364 g/mol. The van der Waals surface area contributed by atoms with Crippen LogP contribution in [0, 0.1) is 6.92 Å². The first-order valence-electron chi connectivity index (χ1n) is 10.0. The lowest BCUT2D eigenvalue weighted by molar-refractivity contribution is -0.132. The number of anilines is 1. The number of benzene rings is 2. The molecule has 0 aromatic heterocycles. The zero-order valence-electron chi connectivity index (χ0n) is 16.1. The van der Waals surface area contributed by atoms with Crippen molar-refractivity contribution in [1.82, 2.24) is 4.90 Å². The van der Waals surface area contributed by atoms with Crippen LogP contribution in [0.1, 0.15) is 36.8 Å². The normalized spacial score (nSPS) is 19.4. The van der Waals surface area contributed by atoms with Gasteiger partial charge in [-0.2, -0.15) is 0 Å². The molecule has 1 unspecified atom stereocenters. The number of carbonyl (C=O) groups excluding carboxylic acids is 1. The Morgan fingerprint density at radius 2 is 1.85 bits per heavy atom. The van der Waals surface area contributed by atoms with Crippen molar-refractivity contribution >= 4 is 11.6 Å². The number of likely N-dealkylation sites (tertiary alicyclic amines) is 1. The number of carbonyl (C=O) groups is 1. The topological polar surface area (TPSA) is 32.8 Å². The highest BCUT2D eigenvalue weighted by Crippen LogP contribution is 2.36. The van der Waals surface area contributed by atoms with Crippen LogP contribution in [-0.4, -0.2) is 36.5 Å². The molecule has 1 fully saturated rings. The van der Waals surface area contributed by atoms with Crippen molar-refractivity contribution in [2.75, 3.05) is 24.6 Å². The van der Waals surface area contributed by atoms with E-state index in [1.54, 1.807) is 0 Å². The molecule has 0 bridgehead atoms. The van der Waals surface area contributed by atoms with Gasteiger partial charge in [0.15, 0.2) is 0 Å². The molecule has 1 atom stereocenters. The largest absolute Gasteiger partial charge is 0.489 e. The highest BCUT2D eigenvalue weighted by Gasteiger charge is 2.31. The maximum Gasteiger partial charge on any atom is 0.224 e. The van der Waals surface area contributed by atoms with Crippen molar-refractivity contribution in [3.05, 3.63) is 59.7 Å². The van der Waals surface area contributed by atoms with Crippen molar-refractivity contribution in [3.8, 4) is 5.75 Å². The number of hydrogen-bond donors (Lipinski definition) is 0. The summed E-state index contributed by atoms with van der Waals surface area (Å²) in [4.78, 5) is 17.3. The summed E-state index contributed by atoms with van der Waals surface area (Å²) in [5, 5.41) is 0. The molecule has 2 aromatic carbocycles. The SMILES string of the molecule is Cc1ccc2c(c1)OCC(CC(=O)N1CCCCC1)N2Cc1ccccc1. The van der Waals surface area contributed by atoms with E-state index in [1.165, 1.54) is 17.5 Å². The van der Waals surface area contributed by atoms with Crippen molar-refractivity contribution < 1.29 is 9.53 Å². The standard InChI is InChI=1S/C23H28N2O2/c1-18-10-11-21-22(14-18)27-17-20(15-23(26)24-12-6-3-7-13-24)25(21)16-19-8-4-2-5-9-19/h2,4-5,8-11,14,20H,3,6-7,12-13,15-17H2,1H3. The van der Waals surface area contributed by atoms with Gasteiger partial charge in [0.2, 0.25) is 5.91 Å². The minimum atomic E-state index is 0.0647. The smallest absolute Gasteiger partial charge is 0.224 e. The van der Waals surface area contributed by atoms with E-state index in [2.05, 4.69) is 54.3 Å². The third-order valence-corrected chi connectivity index (χ3v) is 5.61. The summed E-state index contributed by atoms with van der Waals surface area (Å²) >= 11 is 0. The summed E-state index contributed by atoms with van der Waals surface area (Å²) in [7, 11) is 0. The number of rotatable bonds is 4. The number of nitrogens with zero attached hydrogens (tertiary/aromatic N) is 2. The molecule has 1 amide bonds. The predicted molar refractivity (Wildman–Crippen MR) is 108 cm³/mol. The molecule has 4 nitrogen and oxygen atoms in total. The minimum Gasteiger partial charge on any atom is -0.489 e. The summed E-state index contributed by atoms with van der Waals surface area (Å²) in [5.41, 5.74) is 3.53. The fourth-order valence-corrected chi connectivity index (χ4v) is 4.08. The van der Waals surface area contributed by atoms with Gasteiger partial charge in [-0.3, -0.25) is 4.79 Å². The maximum absolute atomic E-state index is 12.9. The fourth-order valence-electron chi connectivity index (χ4n) is 4.08. The molecule has 2 heterocycles. The van der Waals surface area contributed by atoms with Crippen LogP contribution < -0.4 is 9.64 Å². The van der Waals surface area contributed by atoms with Gasteiger partial charge in [0.25, 0.3) is 0 Å². The highest BCUT2D eigenvalue weighted by molar-refractivity contribution is 5.78. The first-order chi connectivity index (χ1) is 13.2. The van der Waals surface area contributed by atoms with Crippen molar-refractivity contribution in [2.45, 2.75) is 45.2 Å². The number of piperidine rings is 1. The lowest BCUT2D eigenvalue weighted by Crippen LogP contribution is -2.47. The van der Waals surface area contributed by atoms with Gasteiger partial charge in [0.1, 0.15) is 12.4 Å². The van der Waals surface area contributed by atoms with Gasteiger partial charge < -0.3 is 14.5 Å². The number of amides is 1. The second kappa shape index (κ2) is 8.03. The lowest BCUT2D eigenvalue weighted by atomic mass is 10.0. The van der Waals surface area contributed by atoms with Crippen LogP contribution in [0.2, 0.25) is 0 Å². The molecule has 0 spiro atoms. The summed E-state index contributed by atoms with van der Waals surface area (Å²) in [6.07, 6.45) is 4.01. The average Bonchev–Trinajstić information content (AvgIpc) is 2.71. The van der Waals surface area contributed by atoms with Crippen molar-refractivity contribution in [3.63, 3.8) is 0 Å². The molecule has 27 heavy (non-hydrogen) atoms. The number of aryl methyl sites for hydroxylation is 1. The third kappa shape index (κ3) is 4.10. The highest BCUT2D eigenvalue weighted by atomic mass is 16.5. The van der Waals surface area contributed by atoms with E-state index in [0.29, 0.717) is 13.0 Å². The Balaban J connectivity index is 1.57. The Hall–Kier alpha value is -2.49. The average molecular weight is 364 g/mol. The summed E-state index contributed by atoms with van der Waals surface area (Å²) < 4.78 is 6.06. The molecule has 0 radical (unpaired) electrons. The molecule has 2 aliphatic rings. The van der Waals surface area contributed by atoms with E-state index in [4.69, 9.17) is 4.74 Å². The Kier molecular flexibility index (Phi) is 5.33. The van der Waals surface area contributed by atoms with Gasteiger partial charge in [-0.1, -0.05) is 36.4 Å². The first-order valence-corrected chi connectivity index (χ1v) is 10.0. The van der Waals surface area contributed by atoms with Gasteiger partial charge >= 0.3 is 0 Å². The molecule has 2 aromatic rings. The minimum absolute atomic E-state index is 0.0647. The molecule has 0 N–H and O–H groups in total. The van der Waals surface area contributed by atoms with Crippen LogP contribution in [0.5, 0.6) is 5.75 Å². The summed E-state index contributed by atoms with van der Waals surface area (Å²) in [5.74, 6) is 1.18. The van der Waals surface area contributed by atoms with E-state index in [9.17, 15) is 4.79 Å².